The minimum atomic E-state index is -3.93. The molecule has 1 N–H and O–H groups in total. The van der Waals surface area contributed by atoms with Crippen LogP contribution < -0.4 is 0 Å². The molecule has 0 aromatic rings. The quantitative estimate of drug-likeness (QED) is 0.168. The summed E-state index contributed by atoms with van der Waals surface area (Å²) in [6.07, 6.45) is 22.2. The Kier molecular flexibility index (Phi) is 16.6. The molecule has 1 unspecified atom stereocenters. The molecule has 0 radical (unpaired) electrons. The van der Waals surface area contributed by atoms with E-state index in [0.29, 0.717) is 6.61 Å². The van der Waals surface area contributed by atoms with Gasteiger partial charge in [-0.3, -0.25) is 9.05 Å². The third kappa shape index (κ3) is 14.7. The van der Waals surface area contributed by atoms with Crippen molar-refractivity contribution in [3.05, 3.63) is 0 Å². The SMILES string of the molecule is CCCCCCCCCCCCCCCCO[C@@H]1CCCC[C@H]1OP(=O)(O)OC. The zero-order valence-electron chi connectivity index (χ0n) is 19.1. The number of rotatable bonds is 19. The zero-order chi connectivity index (χ0) is 21.2. The molecule has 6 heteroatoms. The van der Waals surface area contributed by atoms with Gasteiger partial charge in [0, 0.05) is 13.7 Å². The summed E-state index contributed by atoms with van der Waals surface area (Å²) in [6, 6.07) is 0. The molecule has 174 valence electrons. The maximum atomic E-state index is 11.7. The maximum Gasteiger partial charge on any atom is 0.472 e. The highest BCUT2D eigenvalue weighted by Gasteiger charge is 2.33. The van der Waals surface area contributed by atoms with Crippen LogP contribution in [-0.2, 0) is 18.3 Å². The van der Waals surface area contributed by atoms with Crippen LogP contribution in [0.25, 0.3) is 0 Å². The molecule has 1 fully saturated rings. The van der Waals surface area contributed by atoms with Crippen LogP contribution in [0.2, 0.25) is 0 Å². The fourth-order valence-electron chi connectivity index (χ4n) is 4.12. The van der Waals surface area contributed by atoms with Gasteiger partial charge in [0.2, 0.25) is 0 Å². The number of phosphoric ester groups is 1. The lowest BCUT2D eigenvalue weighted by Gasteiger charge is -2.31. The van der Waals surface area contributed by atoms with Crippen molar-refractivity contribution < 1.29 is 23.2 Å². The van der Waals surface area contributed by atoms with Crippen LogP contribution in [0.15, 0.2) is 0 Å². The molecule has 0 aliphatic heterocycles. The van der Waals surface area contributed by atoms with E-state index in [1.165, 1.54) is 90.6 Å². The van der Waals surface area contributed by atoms with E-state index in [0.717, 1.165) is 32.1 Å². The van der Waals surface area contributed by atoms with Crippen LogP contribution in [-0.4, -0.2) is 30.8 Å². The summed E-state index contributed by atoms with van der Waals surface area (Å²) in [5.41, 5.74) is 0. The van der Waals surface area contributed by atoms with E-state index in [1.807, 2.05) is 0 Å². The van der Waals surface area contributed by atoms with E-state index in [-0.39, 0.29) is 12.2 Å². The molecule has 0 heterocycles. The van der Waals surface area contributed by atoms with Gasteiger partial charge < -0.3 is 9.63 Å². The van der Waals surface area contributed by atoms with Crippen molar-refractivity contribution >= 4 is 7.82 Å². The molecule has 0 aromatic heterocycles. The highest BCUT2D eigenvalue weighted by molar-refractivity contribution is 7.47. The van der Waals surface area contributed by atoms with E-state index in [1.54, 1.807) is 0 Å². The van der Waals surface area contributed by atoms with Crippen LogP contribution in [0, 0.1) is 0 Å². The molecule has 1 aliphatic carbocycles. The Morgan fingerprint density at radius 3 is 1.69 bits per heavy atom. The molecule has 0 spiro atoms. The first-order valence-corrected chi connectivity index (χ1v) is 13.8. The van der Waals surface area contributed by atoms with Crippen molar-refractivity contribution in [3.8, 4) is 0 Å². The van der Waals surface area contributed by atoms with Crippen LogP contribution in [0.5, 0.6) is 0 Å². The van der Waals surface area contributed by atoms with Crippen LogP contribution in [0.4, 0.5) is 0 Å². The normalized spacial score (nSPS) is 21.9. The van der Waals surface area contributed by atoms with E-state index in [4.69, 9.17) is 9.26 Å². The molecule has 3 atom stereocenters. The Balaban J connectivity index is 1.92. The van der Waals surface area contributed by atoms with E-state index in [9.17, 15) is 9.46 Å². The maximum absolute atomic E-state index is 11.7. The van der Waals surface area contributed by atoms with Gasteiger partial charge in [-0.15, -0.1) is 0 Å². The van der Waals surface area contributed by atoms with Crippen molar-refractivity contribution in [3.63, 3.8) is 0 Å². The third-order valence-electron chi connectivity index (χ3n) is 5.97. The largest absolute Gasteiger partial charge is 0.472 e. The molecule has 0 saturated heterocycles. The second kappa shape index (κ2) is 17.7. The third-order valence-corrected chi connectivity index (χ3v) is 6.97. The summed E-state index contributed by atoms with van der Waals surface area (Å²) in [4.78, 5) is 9.55. The fraction of sp³-hybridized carbons (Fsp3) is 1.00. The van der Waals surface area contributed by atoms with Crippen molar-refractivity contribution in [2.45, 2.75) is 135 Å². The lowest BCUT2D eigenvalue weighted by atomic mass is 9.95. The van der Waals surface area contributed by atoms with Gasteiger partial charge in [-0.05, 0) is 19.3 Å². The molecule has 0 amide bonds. The van der Waals surface area contributed by atoms with E-state index >= 15 is 0 Å². The van der Waals surface area contributed by atoms with Gasteiger partial charge in [0.1, 0.15) is 0 Å². The lowest BCUT2D eigenvalue weighted by molar-refractivity contribution is -0.0584. The molecule has 1 rings (SSSR count). The molecule has 0 aromatic carbocycles. The number of unbranched alkanes of at least 4 members (excludes halogenated alkanes) is 13. The first kappa shape index (κ1) is 27.1. The monoisotopic (exact) mass is 434 g/mol. The van der Waals surface area contributed by atoms with Crippen LogP contribution in [0.1, 0.15) is 122 Å². The fourth-order valence-corrected chi connectivity index (χ4v) is 4.79. The predicted octanol–water partition coefficient (Wildman–Crippen LogP) is 7.56. The average Bonchev–Trinajstić information content (AvgIpc) is 2.72. The number of hydrogen-bond acceptors (Lipinski definition) is 4. The first-order chi connectivity index (χ1) is 14.1. The van der Waals surface area contributed by atoms with E-state index < -0.39 is 7.82 Å². The summed E-state index contributed by atoms with van der Waals surface area (Å²) in [5.74, 6) is 0. The summed E-state index contributed by atoms with van der Waals surface area (Å²) in [6.45, 7) is 2.99. The number of hydrogen-bond donors (Lipinski definition) is 1. The highest BCUT2D eigenvalue weighted by atomic mass is 31.2. The molecular weight excluding hydrogens is 387 g/mol. The van der Waals surface area contributed by atoms with Crippen molar-refractivity contribution in [1.82, 2.24) is 0 Å². The predicted molar refractivity (Wildman–Crippen MR) is 120 cm³/mol. The second-order valence-electron chi connectivity index (χ2n) is 8.58. The smallest absolute Gasteiger partial charge is 0.376 e. The molecule has 29 heavy (non-hydrogen) atoms. The Labute approximate surface area is 179 Å². The molecular formula is C23H47O5P. The van der Waals surface area contributed by atoms with Gasteiger partial charge in [-0.2, -0.15) is 0 Å². The summed E-state index contributed by atoms with van der Waals surface area (Å²) in [7, 11) is -2.73. The zero-order valence-corrected chi connectivity index (χ0v) is 20.0. The Morgan fingerprint density at radius 2 is 1.21 bits per heavy atom. The highest BCUT2D eigenvalue weighted by Crippen LogP contribution is 2.46. The molecule has 1 aliphatic rings. The van der Waals surface area contributed by atoms with Gasteiger partial charge in [0.05, 0.1) is 12.2 Å². The summed E-state index contributed by atoms with van der Waals surface area (Å²) < 4.78 is 27.5. The number of ether oxygens (including phenoxy) is 1. The van der Waals surface area contributed by atoms with Gasteiger partial charge in [0.25, 0.3) is 0 Å². The molecule has 0 bridgehead atoms. The van der Waals surface area contributed by atoms with Gasteiger partial charge in [0.15, 0.2) is 0 Å². The Morgan fingerprint density at radius 1 is 0.759 bits per heavy atom. The molecule has 5 nitrogen and oxygen atoms in total. The lowest BCUT2D eigenvalue weighted by Crippen LogP contribution is -2.34. The summed E-state index contributed by atoms with van der Waals surface area (Å²) >= 11 is 0. The van der Waals surface area contributed by atoms with Crippen molar-refractivity contribution in [2.24, 2.45) is 0 Å². The van der Waals surface area contributed by atoms with Crippen LogP contribution >= 0.6 is 7.82 Å². The van der Waals surface area contributed by atoms with Gasteiger partial charge in [-0.25, -0.2) is 4.57 Å². The minimum absolute atomic E-state index is 0.0821. The Bertz CT molecular complexity index is 418. The van der Waals surface area contributed by atoms with Gasteiger partial charge in [-0.1, -0.05) is 103 Å². The van der Waals surface area contributed by atoms with Crippen LogP contribution in [0.3, 0.4) is 0 Å². The standard InChI is InChI=1S/C23H47O5P/c1-3-4-5-6-7-8-9-10-11-12-13-14-15-18-21-27-22-19-16-17-20-23(22)28-29(24,25)26-2/h22-23H,3-21H2,1-2H3,(H,24,25)/t22-,23-/m1/s1. The molecule has 1 saturated carbocycles. The minimum Gasteiger partial charge on any atom is -0.376 e. The average molecular weight is 435 g/mol. The topological polar surface area (TPSA) is 65.0 Å². The second-order valence-corrected chi connectivity index (χ2v) is 10.1. The first-order valence-electron chi connectivity index (χ1n) is 12.3. The van der Waals surface area contributed by atoms with E-state index in [2.05, 4.69) is 11.4 Å². The van der Waals surface area contributed by atoms with Crippen molar-refractivity contribution in [1.29, 1.82) is 0 Å². The van der Waals surface area contributed by atoms with Gasteiger partial charge >= 0.3 is 7.82 Å². The number of phosphoric acid groups is 1. The Hall–Kier alpha value is 0.0700. The van der Waals surface area contributed by atoms with Crippen molar-refractivity contribution in [2.75, 3.05) is 13.7 Å². The summed E-state index contributed by atoms with van der Waals surface area (Å²) in [5, 5.41) is 0.